The number of aliphatic hydroxyl groups excluding tert-OH is 1. The Bertz CT molecular complexity index is 1130. The second-order valence-electron chi connectivity index (χ2n) is 7.07. The van der Waals surface area contributed by atoms with Gasteiger partial charge < -0.3 is 15.2 Å². The van der Waals surface area contributed by atoms with E-state index in [0.29, 0.717) is 22.1 Å². The average molecular weight is 454 g/mol. The van der Waals surface area contributed by atoms with Crippen molar-refractivity contribution in [3.8, 4) is 17.0 Å². The number of rotatable bonds is 5. The number of aliphatic hydroxyl groups is 1. The third-order valence-corrected chi connectivity index (χ3v) is 5.63. The molecule has 2 atom stereocenters. The van der Waals surface area contributed by atoms with E-state index in [-0.39, 0.29) is 18.7 Å². The Morgan fingerprint density at radius 1 is 1.19 bits per heavy atom. The molecule has 0 spiro atoms. The fourth-order valence-corrected chi connectivity index (χ4v) is 4.04. The highest BCUT2D eigenvalue weighted by molar-refractivity contribution is 7.14. The molecular weight excluding hydrogens is 436 g/mol. The molecule has 10 nitrogen and oxygen atoms in total. The maximum absolute atomic E-state index is 12.8. The van der Waals surface area contributed by atoms with Gasteiger partial charge in [0.2, 0.25) is 5.91 Å². The molecule has 2 aromatic carbocycles. The van der Waals surface area contributed by atoms with Crippen molar-refractivity contribution in [1.29, 1.82) is 0 Å². The lowest BCUT2D eigenvalue weighted by molar-refractivity contribution is -0.384. The van der Waals surface area contributed by atoms with E-state index in [0.717, 1.165) is 0 Å². The number of thiazole rings is 1. The Morgan fingerprint density at radius 3 is 2.59 bits per heavy atom. The summed E-state index contributed by atoms with van der Waals surface area (Å²) in [5, 5.41) is 25.5. The van der Waals surface area contributed by atoms with Crippen LogP contribution >= 0.6 is 11.3 Å². The molecule has 164 valence electrons. The van der Waals surface area contributed by atoms with Crippen molar-refractivity contribution >= 4 is 34.2 Å². The summed E-state index contributed by atoms with van der Waals surface area (Å²) in [6.45, 7) is -0.0182. The van der Waals surface area contributed by atoms with E-state index in [9.17, 15) is 24.8 Å². The summed E-state index contributed by atoms with van der Waals surface area (Å²) in [7, 11) is 0. The van der Waals surface area contributed by atoms with Crippen LogP contribution in [-0.4, -0.2) is 50.6 Å². The second kappa shape index (κ2) is 9.12. The highest BCUT2D eigenvalue weighted by Gasteiger charge is 2.40. The molecule has 4 rings (SSSR count). The maximum Gasteiger partial charge on any atom is 0.416 e. The molecule has 2 amide bonds. The number of nitro benzene ring substituents is 1. The lowest BCUT2D eigenvalue weighted by Gasteiger charge is -2.22. The molecule has 1 saturated heterocycles. The van der Waals surface area contributed by atoms with Gasteiger partial charge in [-0.05, 0) is 24.3 Å². The number of aromatic nitrogens is 1. The van der Waals surface area contributed by atoms with Gasteiger partial charge in [-0.2, -0.15) is 0 Å². The van der Waals surface area contributed by atoms with Crippen LogP contribution in [0, 0.1) is 10.1 Å². The zero-order valence-electron chi connectivity index (χ0n) is 16.6. The number of carbonyl (C=O) groups excluding carboxylic acids is 2. The smallest absolute Gasteiger partial charge is 0.410 e. The first-order chi connectivity index (χ1) is 15.4. The standard InChI is InChI=1S/C21H18N4O6S/c26-15-10-18(24(11-15)21(28)31-16-4-2-1-3-5-16)19(27)23-20-22-17(12-32-20)13-6-8-14(9-7-13)25(29)30/h1-9,12,15,18,26H,10-11H2,(H,22,23,27)/t15-,18-/m0/s1. The van der Waals surface area contributed by atoms with Crippen LogP contribution in [0.25, 0.3) is 11.3 Å². The molecule has 2 N–H and O–H groups in total. The van der Waals surface area contributed by atoms with Crippen molar-refractivity contribution < 1.29 is 24.4 Å². The van der Waals surface area contributed by atoms with Crippen LogP contribution in [0.1, 0.15) is 6.42 Å². The van der Waals surface area contributed by atoms with Crippen molar-refractivity contribution in [3.63, 3.8) is 0 Å². The van der Waals surface area contributed by atoms with Crippen molar-refractivity contribution in [2.45, 2.75) is 18.6 Å². The first kappa shape index (κ1) is 21.4. The molecule has 0 unspecified atom stereocenters. The predicted octanol–water partition coefficient (Wildman–Crippen LogP) is 3.29. The number of hydrogen-bond donors (Lipinski definition) is 2. The van der Waals surface area contributed by atoms with E-state index < -0.39 is 29.1 Å². The summed E-state index contributed by atoms with van der Waals surface area (Å²) in [4.78, 5) is 41.2. The van der Waals surface area contributed by atoms with Gasteiger partial charge in [-0.15, -0.1) is 11.3 Å². The van der Waals surface area contributed by atoms with Crippen molar-refractivity contribution in [2.24, 2.45) is 0 Å². The van der Waals surface area contributed by atoms with Crippen LogP contribution in [0.5, 0.6) is 5.75 Å². The SMILES string of the molecule is O=C(Nc1nc(-c2ccc([N+](=O)[O-])cc2)cs1)[C@@H]1C[C@H](O)CN1C(=O)Oc1ccccc1. The number of anilines is 1. The first-order valence-corrected chi connectivity index (χ1v) is 10.5. The molecule has 32 heavy (non-hydrogen) atoms. The molecule has 1 aliphatic rings. The quantitative estimate of drug-likeness (QED) is 0.446. The molecule has 11 heteroatoms. The summed E-state index contributed by atoms with van der Waals surface area (Å²) in [6.07, 6.45) is -1.49. The number of benzene rings is 2. The predicted molar refractivity (Wildman–Crippen MR) is 116 cm³/mol. The number of hydrogen-bond acceptors (Lipinski definition) is 8. The fraction of sp³-hybridized carbons (Fsp3) is 0.190. The molecule has 0 saturated carbocycles. The lowest BCUT2D eigenvalue weighted by atomic mass is 10.1. The molecule has 0 aliphatic carbocycles. The van der Waals surface area contributed by atoms with E-state index in [1.54, 1.807) is 47.8 Å². The van der Waals surface area contributed by atoms with Gasteiger partial charge in [0.1, 0.15) is 11.8 Å². The summed E-state index contributed by atoms with van der Waals surface area (Å²) < 4.78 is 5.30. The van der Waals surface area contributed by atoms with Crippen LogP contribution in [0.15, 0.2) is 60.0 Å². The highest BCUT2D eigenvalue weighted by atomic mass is 32.1. The number of β-amino-alcohol motifs (C(OH)–C–C–N with tert-alkyl or cyclic N) is 1. The maximum atomic E-state index is 12.8. The molecule has 2 heterocycles. The van der Waals surface area contributed by atoms with Crippen LogP contribution in [0.2, 0.25) is 0 Å². The topological polar surface area (TPSA) is 135 Å². The van der Waals surface area contributed by atoms with Gasteiger partial charge in [0.15, 0.2) is 5.13 Å². The van der Waals surface area contributed by atoms with E-state index in [2.05, 4.69) is 10.3 Å². The minimum Gasteiger partial charge on any atom is -0.410 e. The lowest BCUT2D eigenvalue weighted by Crippen LogP contribution is -2.44. The summed E-state index contributed by atoms with van der Waals surface area (Å²) in [6, 6.07) is 13.5. The zero-order chi connectivity index (χ0) is 22.7. The molecule has 1 aromatic heterocycles. The van der Waals surface area contributed by atoms with Crippen molar-refractivity contribution in [3.05, 3.63) is 70.1 Å². The molecule has 0 bridgehead atoms. The minimum absolute atomic E-state index is 0.0182. The Morgan fingerprint density at radius 2 is 1.91 bits per heavy atom. The van der Waals surface area contributed by atoms with Gasteiger partial charge in [0.05, 0.1) is 23.3 Å². The summed E-state index contributed by atoms with van der Waals surface area (Å²) >= 11 is 1.18. The number of nitrogens with one attached hydrogen (secondary N) is 1. The molecule has 1 aliphatic heterocycles. The van der Waals surface area contributed by atoms with Crippen molar-refractivity contribution in [2.75, 3.05) is 11.9 Å². The van der Waals surface area contributed by atoms with Gasteiger partial charge in [-0.25, -0.2) is 9.78 Å². The number of non-ortho nitro benzene ring substituents is 1. The fourth-order valence-electron chi connectivity index (χ4n) is 3.32. The third-order valence-electron chi connectivity index (χ3n) is 4.87. The largest absolute Gasteiger partial charge is 0.416 e. The summed E-state index contributed by atoms with van der Waals surface area (Å²) in [5.74, 6) is -0.151. The van der Waals surface area contributed by atoms with Gasteiger partial charge in [-0.1, -0.05) is 18.2 Å². The van der Waals surface area contributed by atoms with Crippen molar-refractivity contribution in [1.82, 2.24) is 9.88 Å². The van der Waals surface area contributed by atoms with E-state index in [4.69, 9.17) is 4.74 Å². The zero-order valence-corrected chi connectivity index (χ0v) is 17.4. The Labute approximate surface area is 186 Å². The minimum atomic E-state index is -0.909. The number of likely N-dealkylation sites (tertiary alicyclic amines) is 1. The number of nitro groups is 1. The van der Waals surface area contributed by atoms with Crippen LogP contribution in [-0.2, 0) is 4.79 Å². The van der Waals surface area contributed by atoms with E-state index in [1.807, 2.05) is 0 Å². The monoisotopic (exact) mass is 454 g/mol. The molecule has 1 fully saturated rings. The van der Waals surface area contributed by atoms with Gasteiger partial charge >= 0.3 is 6.09 Å². The average Bonchev–Trinajstić information content (AvgIpc) is 3.41. The summed E-state index contributed by atoms with van der Waals surface area (Å²) in [5.41, 5.74) is 1.18. The molecule has 0 radical (unpaired) electrons. The Hall–Kier alpha value is -3.83. The van der Waals surface area contributed by atoms with Crippen LogP contribution < -0.4 is 10.1 Å². The molecular formula is C21H18N4O6S. The van der Waals surface area contributed by atoms with Crippen LogP contribution in [0.3, 0.4) is 0 Å². The first-order valence-electron chi connectivity index (χ1n) is 9.63. The van der Waals surface area contributed by atoms with E-state index >= 15 is 0 Å². The number of amides is 2. The number of nitrogens with zero attached hydrogens (tertiary/aromatic N) is 3. The van der Waals surface area contributed by atoms with Gasteiger partial charge in [0, 0.05) is 29.5 Å². The number of ether oxygens (including phenoxy) is 1. The number of carbonyl (C=O) groups is 2. The Balaban J connectivity index is 1.43. The van der Waals surface area contributed by atoms with E-state index in [1.165, 1.54) is 28.4 Å². The van der Waals surface area contributed by atoms with Gasteiger partial charge in [-0.3, -0.25) is 19.8 Å². The number of para-hydroxylation sites is 1. The molecule has 3 aromatic rings. The van der Waals surface area contributed by atoms with Crippen LogP contribution in [0.4, 0.5) is 15.6 Å². The Kier molecular flexibility index (Phi) is 6.10. The highest BCUT2D eigenvalue weighted by Crippen LogP contribution is 2.28. The third kappa shape index (κ3) is 4.74. The van der Waals surface area contributed by atoms with Gasteiger partial charge in [0.25, 0.3) is 5.69 Å². The normalized spacial score (nSPS) is 17.7. The second-order valence-corrected chi connectivity index (χ2v) is 7.93.